The molecule has 0 aliphatic rings. The molecule has 1 heterocycles. The van der Waals surface area contributed by atoms with E-state index < -0.39 is 6.10 Å². The highest BCUT2D eigenvalue weighted by atomic mass is 16.3. The lowest BCUT2D eigenvalue weighted by Gasteiger charge is -2.12. The highest BCUT2D eigenvalue weighted by Gasteiger charge is 2.08. The molecule has 1 atom stereocenters. The quantitative estimate of drug-likeness (QED) is 0.864. The molecule has 0 spiro atoms. The van der Waals surface area contributed by atoms with Gasteiger partial charge < -0.3 is 5.11 Å². The van der Waals surface area contributed by atoms with Crippen molar-refractivity contribution in [2.45, 2.75) is 19.6 Å². The van der Waals surface area contributed by atoms with Gasteiger partial charge in [0.15, 0.2) is 0 Å². The Morgan fingerprint density at radius 2 is 2.06 bits per heavy atom. The van der Waals surface area contributed by atoms with Gasteiger partial charge in [0, 0.05) is 12.4 Å². The van der Waals surface area contributed by atoms with Crippen LogP contribution in [0.3, 0.4) is 0 Å². The van der Waals surface area contributed by atoms with Gasteiger partial charge in [0.1, 0.15) is 0 Å². The van der Waals surface area contributed by atoms with Crippen LogP contribution in [-0.4, -0.2) is 14.7 Å². The fourth-order valence-corrected chi connectivity index (χ4v) is 1.61. The van der Waals surface area contributed by atoms with Crippen LogP contribution in [-0.2, 0) is 6.54 Å². The number of rotatable bonds is 3. The summed E-state index contributed by atoms with van der Waals surface area (Å²) in [4.78, 5) is 15.0. The summed E-state index contributed by atoms with van der Waals surface area (Å²) in [5.74, 6) is 0. The number of aliphatic hydroxyl groups excluding tert-OH is 1. The van der Waals surface area contributed by atoms with E-state index in [1.54, 1.807) is 12.3 Å². The molecule has 1 aromatic heterocycles. The SMILES string of the molecule is Cc1ccc(C(O)Cn2cccnc2=O)cc1. The Bertz CT molecular complexity index is 546. The highest BCUT2D eigenvalue weighted by Crippen LogP contribution is 2.14. The van der Waals surface area contributed by atoms with Crippen molar-refractivity contribution in [1.29, 1.82) is 0 Å². The van der Waals surface area contributed by atoms with Crippen molar-refractivity contribution >= 4 is 0 Å². The minimum absolute atomic E-state index is 0.218. The number of aryl methyl sites for hydroxylation is 1. The van der Waals surface area contributed by atoms with Crippen LogP contribution in [0, 0.1) is 6.92 Å². The molecular formula is C13H14N2O2. The normalized spacial score (nSPS) is 12.4. The number of aromatic nitrogens is 2. The minimum Gasteiger partial charge on any atom is -0.387 e. The largest absolute Gasteiger partial charge is 0.387 e. The molecule has 17 heavy (non-hydrogen) atoms. The molecule has 88 valence electrons. The van der Waals surface area contributed by atoms with Gasteiger partial charge in [-0.15, -0.1) is 0 Å². The Morgan fingerprint density at radius 1 is 1.35 bits per heavy atom. The number of benzene rings is 1. The van der Waals surface area contributed by atoms with Crippen molar-refractivity contribution in [3.8, 4) is 0 Å². The van der Waals surface area contributed by atoms with Gasteiger partial charge in [0.05, 0.1) is 12.6 Å². The average molecular weight is 230 g/mol. The topological polar surface area (TPSA) is 55.1 Å². The van der Waals surface area contributed by atoms with E-state index in [-0.39, 0.29) is 12.2 Å². The van der Waals surface area contributed by atoms with Crippen LogP contribution in [0.15, 0.2) is 47.5 Å². The molecule has 0 bridgehead atoms. The van der Waals surface area contributed by atoms with E-state index in [2.05, 4.69) is 4.98 Å². The predicted molar refractivity (Wildman–Crippen MR) is 64.6 cm³/mol. The van der Waals surface area contributed by atoms with Gasteiger partial charge in [-0.1, -0.05) is 29.8 Å². The molecular weight excluding hydrogens is 216 g/mol. The standard InChI is InChI=1S/C13H14N2O2/c1-10-3-5-11(6-4-10)12(16)9-15-8-2-7-14-13(15)17/h2-8,12,16H,9H2,1H3. The molecule has 1 aromatic carbocycles. The van der Waals surface area contributed by atoms with E-state index in [4.69, 9.17) is 0 Å². The molecule has 0 amide bonds. The third-order valence-corrected chi connectivity index (χ3v) is 2.61. The van der Waals surface area contributed by atoms with Gasteiger partial charge in [-0.2, -0.15) is 0 Å². The van der Waals surface area contributed by atoms with Gasteiger partial charge in [0.2, 0.25) is 0 Å². The lowest BCUT2D eigenvalue weighted by molar-refractivity contribution is 0.154. The number of aliphatic hydroxyl groups is 1. The first-order chi connectivity index (χ1) is 8.16. The number of hydrogen-bond donors (Lipinski definition) is 1. The average Bonchev–Trinajstić information content (AvgIpc) is 2.33. The summed E-state index contributed by atoms with van der Waals surface area (Å²) in [6.45, 7) is 2.21. The summed E-state index contributed by atoms with van der Waals surface area (Å²) >= 11 is 0. The van der Waals surface area contributed by atoms with Gasteiger partial charge in [-0.25, -0.2) is 9.78 Å². The van der Waals surface area contributed by atoms with Crippen molar-refractivity contribution in [2.75, 3.05) is 0 Å². The molecule has 0 saturated heterocycles. The molecule has 2 rings (SSSR count). The van der Waals surface area contributed by atoms with Crippen LogP contribution >= 0.6 is 0 Å². The molecule has 1 N–H and O–H groups in total. The first kappa shape index (κ1) is 11.5. The minimum atomic E-state index is -0.697. The lowest BCUT2D eigenvalue weighted by Crippen LogP contribution is -2.24. The Morgan fingerprint density at radius 3 is 2.71 bits per heavy atom. The first-order valence-corrected chi connectivity index (χ1v) is 5.43. The van der Waals surface area contributed by atoms with Crippen molar-refractivity contribution < 1.29 is 5.11 Å². The summed E-state index contributed by atoms with van der Waals surface area (Å²) in [6.07, 6.45) is 2.36. The number of nitrogens with zero attached hydrogens (tertiary/aromatic N) is 2. The molecule has 0 radical (unpaired) electrons. The summed E-state index contributed by atoms with van der Waals surface area (Å²) in [5.41, 5.74) is 1.59. The van der Waals surface area contributed by atoms with Crippen LogP contribution in [0.5, 0.6) is 0 Å². The van der Waals surface area contributed by atoms with Gasteiger partial charge >= 0.3 is 5.69 Å². The molecule has 0 saturated carbocycles. The molecule has 4 heteroatoms. The van der Waals surface area contributed by atoms with E-state index in [9.17, 15) is 9.90 Å². The second-order valence-electron chi connectivity index (χ2n) is 3.98. The van der Waals surface area contributed by atoms with Crippen LogP contribution in [0.4, 0.5) is 0 Å². The molecule has 2 aromatic rings. The zero-order chi connectivity index (χ0) is 12.3. The zero-order valence-electron chi connectivity index (χ0n) is 9.58. The zero-order valence-corrected chi connectivity index (χ0v) is 9.58. The van der Waals surface area contributed by atoms with Crippen LogP contribution in [0.25, 0.3) is 0 Å². The maximum Gasteiger partial charge on any atom is 0.347 e. The van der Waals surface area contributed by atoms with E-state index in [1.807, 2.05) is 31.2 Å². The van der Waals surface area contributed by atoms with Crippen LogP contribution < -0.4 is 5.69 Å². The molecule has 0 fully saturated rings. The number of hydrogen-bond acceptors (Lipinski definition) is 3. The van der Waals surface area contributed by atoms with E-state index in [0.717, 1.165) is 11.1 Å². The Labute approximate surface area is 99.2 Å². The molecule has 0 aliphatic carbocycles. The summed E-state index contributed by atoms with van der Waals surface area (Å²) < 4.78 is 1.39. The van der Waals surface area contributed by atoms with E-state index >= 15 is 0 Å². The monoisotopic (exact) mass is 230 g/mol. The van der Waals surface area contributed by atoms with Gasteiger partial charge in [0.25, 0.3) is 0 Å². The maximum atomic E-state index is 11.4. The predicted octanol–water partition coefficient (Wildman–Crippen LogP) is 1.29. The second kappa shape index (κ2) is 4.93. The maximum absolute atomic E-state index is 11.4. The Kier molecular flexibility index (Phi) is 3.35. The Hall–Kier alpha value is -1.94. The highest BCUT2D eigenvalue weighted by molar-refractivity contribution is 5.22. The van der Waals surface area contributed by atoms with Crippen LogP contribution in [0.1, 0.15) is 17.2 Å². The van der Waals surface area contributed by atoms with Crippen molar-refractivity contribution in [2.24, 2.45) is 0 Å². The molecule has 1 unspecified atom stereocenters. The fourth-order valence-electron chi connectivity index (χ4n) is 1.61. The molecule has 4 nitrogen and oxygen atoms in total. The van der Waals surface area contributed by atoms with E-state index in [0.29, 0.717) is 0 Å². The summed E-state index contributed by atoms with van der Waals surface area (Å²) in [7, 11) is 0. The Balaban J connectivity index is 2.17. The first-order valence-electron chi connectivity index (χ1n) is 5.43. The second-order valence-corrected chi connectivity index (χ2v) is 3.98. The van der Waals surface area contributed by atoms with Gasteiger partial charge in [-0.3, -0.25) is 4.57 Å². The van der Waals surface area contributed by atoms with Crippen molar-refractivity contribution in [1.82, 2.24) is 9.55 Å². The smallest absolute Gasteiger partial charge is 0.347 e. The summed E-state index contributed by atoms with van der Waals surface area (Å²) in [5, 5.41) is 10.0. The fraction of sp³-hybridized carbons (Fsp3) is 0.231. The lowest BCUT2D eigenvalue weighted by atomic mass is 10.1. The van der Waals surface area contributed by atoms with E-state index in [1.165, 1.54) is 10.8 Å². The molecule has 0 aliphatic heterocycles. The third-order valence-electron chi connectivity index (χ3n) is 2.61. The van der Waals surface area contributed by atoms with Gasteiger partial charge in [-0.05, 0) is 18.6 Å². The third kappa shape index (κ3) is 2.79. The van der Waals surface area contributed by atoms with Crippen molar-refractivity contribution in [3.63, 3.8) is 0 Å². The summed E-state index contributed by atoms with van der Waals surface area (Å²) in [6, 6.07) is 9.27. The van der Waals surface area contributed by atoms with Crippen LogP contribution in [0.2, 0.25) is 0 Å². The van der Waals surface area contributed by atoms with Crippen molar-refractivity contribution in [3.05, 3.63) is 64.3 Å².